The molecule has 3 atom stereocenters. The average Bonchev–Trinajstić information content (AvgIpc) is 3.30. The Kier molecular flexibility index (Phi) is 7.60. The van der Waals surface area contributed by atoms with Gasteiger partial charge in [-0.3, -0.25) is 4.90 Å². The van der Waals surface area contributed by atoms with Gasteiger partial charge in [0.1, 0.15) is 24.4 Å². The van der Waals surface area contributed by atoms with E-state index in [4.69, 9.17) is 18.9 Å². The molecule has 3 heterocycles. The Labute approximate surface area is 244 Å². The molecule has 2 fully saturated rings. The lowest BCUT2D eigenvalue weighted by Gasteiger charge is -2.54. The van der Waals surface area contributed by atoms with Crippen molar-refractivity contribution in [1.82, 2.24) is 9.47 Å². The standard InChI is InChI=1S/C30H28F3N3O7/c1-28(2,3)43-27(39)36-19-12-20(13-29(36,17-40-16-19)42-26(38)30(31,32)33)41-25(37)22-15-35(24-11-7-5-9-21(22)24)23-10-6-4-8-18(23)14-34/h4-11,15,19-20H,12-13,16-17H2,1-3H3/t19-,20-,29-/m0/s1. The maximum absolute atomic E-state index is 13.6. The molecule has 2 aliphatic heterocycles. The second-order valence-electron chi connectivity index (χ2n) is 11.4. The van der Waals surface area contributed by atoms with Gasteiger partial charge in [0.15, 0.2) is 0 Å². The average molecular weight is 600 g/mol. The third-order valence-electron chi connectivity index (χ3n) is 7.12. The van der Waals surface area contributed by atoms with E-state index in [0.29, 0.717) is 22.2 Å². The van der Waals surface area contributed by atoms with Gasteiger partial charge in [0.05, 0.1) is 35.0 Å². The summed E-state index contributed by atoms with van der Waals surface area (Å²) in [4.78, 5) is 39.8. The number of alkyl halides is 3. The van der Waals surface area contributed by atoms with Gasteiger partial charge < -0.3 is 23.5 Å². The summed E-state index contributed by atoms with van der Waals surface area (Å²) in [5, 5.41) is 10.1. The second-order valence-corrected chi connectivity index (χ2v) is 11.4. The highest BCUT2D eigenvalue weighted by molar-refractivity contribution is 6.05. The van der Waals surface area contributed by atoms with Crippen LogP contribution in [0, 0.1) is 11.3 Å². The van der Waals surface area contributed by atoms with Crippen molar-refractivity contribution >= 4 is 28.9 Å². The predicted molar refractivity (Wildman–Crippen MR) is 144 cm³/mol. The fraction of sp³-hybridized carbons (Fsp3) is 0.400. The molecule has 13 heteroatoms. The van der Waals surface area contributed by atoms with Crippen molar-refractivity contribution in [3.63, 3.8) is 0 Å². The number of nitriles is 1. The lowest BCUT2D eigenvalue weighted by Crippen LogP contribution is -2.70. The number of hydrogen-bond donors (Lipinski definition) is 0. The molecular weight excluding hydrogens is 571 g/mol. The third-order valence-corrected chi connectivity index (χ3v) is 7.12. The smallest absolute Gasteiger partial charge is 0.458 e. The number of rotatable bonds is 4. The number of esters is 2. The summed E-state index contributed by atoms with van der Waals surface area (Å²) in [7, 11) is 0. The van der Waals surface area contributed by atoms with Gasteiger partial charge in [0.2, 0.25) is 5.72 Å². The number of aromatic nitrogens is 1. The van der Waals surface area contributed by atoms with E-state index in [1.165, 1.54) is 6.20 Å². The molecule has 0 radical (unpaired) electrons. The van der Waals surface area contributed by atoms with Crippen molar-refractivity contribution in [2.24, 2.45) is 0 Å². The molecule has 2 bridgehead atoms. The molecule has 0 N–H and O–H groups in total. The molecule has 2 aliphatic rings. The number of carbonyl (C=O) groups excluding carboxylic acids is 3. The van der Waals surface area contributed by atoms with E-state index in [1.807, 2.05) is 0 Å². The molecule has 43 heavy (non-hydrogen) atoms. The number of nitrogens with zero attached hydrogens (tertiary/aromatic N) is 3. The van der Waals surface area contributed by atoms with Crippen LogP contribution in [0.15, 0.2) is 54.7 Å². The Hall–Kier alpha value is -4.57. The fourth-order valence-electron chi connectivity index (χ4n) is 5.51. The number of benzene rings is 2. The number of para-hydroxylation sites is 2. The van der Waals surface area contributed by atoms with Gasteiger partial charge in [-0.25, -0.2) is 14.4 Å². The highest BCUT2D eigenvalue weighted by Gasteiger charge is 2.59. The van der Waals surface area contributed by atoms with Gasteiger partial charge in [-0.2, -0.15) is 18.4 Å². The number of morpholine rings is 1. The number of hydrogen-bond acceptors (Lipinski definition) is 8. The van der Waals surface area contributed by atoms with Crippen LogP contribution in [-0.2, 0) is 23.7 Å². The number of amides is 1. The second kappa shape index (κ2) is 10.9. The van der Waals surface area contributed by atoms with Crippen molar-refractivity contribution in [3.05, 3.63) is 65.9 Å². The minimum atomic E-state index is -5.35. The minimum Gasteiger partial charge on any atom is -0.458 e. The van der Waals surface area contributed by atoms with Crippen molar-refractivity contribution in [2.45, 2.75) is 63.3 Å². The van der Waals surface area contributed by atoms with Crippen LogP contribution in [0.5, 0.6) is 0 Å². The molecular formula is C30H28F3N3O7. The molecule has 3 aromatic rings. The summed E-state index contributed by atoms with van der Waals surface area (Å²) in [6, 6.07) is 15.0. The summed E-state index contributed by atoms with van der Waals surface area (Å²) < 4.78 is 63.4. The Morgan fingerprint density at radius 2 is 1.77 bits per heavy atom. The minimum absolute atomic E-state index is 0.00773. The maximum atomic E-state index is 13.6. The van der Waals surface area contributed by atoms with Crippen molar-refractivity contribution in [1.29, 1.82) is 5.26 Å². The van der Waals surface area contributed by atoms with E-state index >= 15 is 0 Å². The Morgan fingerprint density at radius 3 is 2.47 bits per heavy atom. The monoisotopic (exact) mass is 599 g/mol. The summed E-state index contributed by atoms with van der Waals surface area (Å²) >= 11 is 0. The number of ether oxygens (including phenoxy) is 4. The van der Waals surface area contributed by atoms with Crippen LogP contribution in [0.3, 0.4) is 0 Å². The van der Waals surface area contributed by atoms with Crippen LogP contribution in [0.4, 0.5) is 18.0 Å². The molecule has 2 aromatic carbocycles. The van der Waals surface area contributed by atoms with Crippen LogP contribution < -0.4 is 0 Å². The molecule has 0 unspecified atom stereocenters. The van der Waals surface area contributed by atoms with E-state index in [9.17, 15) is 32.8 Å². The molecule has 0 spiro atoms. The highest BCUT2D eigenvalue weighted by atomic mass is 19.4. The lowest BCUT2D eigenvalue weighted by atomic mass is 9.89. The summed E-state index contributed by atoms with van der Waals surface area (Å²) in [6.07, 6.45) is -6.35. The zero-order valence-corrected chi connectivity index (χ0v) is 23.5. The van der Waals surface area contributed by atoms with Gasteiger partial charge in [0.25, 0.3) is 0 Å². The number of halogens is 3. The summed E-state index contributed by atoms with van der Waals surface area (Å²) in [5.74, 6) is -3.30. The first-order chi connectivity index (χ1) is 20.2. The SMILES string of the molecule is CC(C)(C)OC(=O)N1[C@@H]2COC[C@@]1(OC(=O)C(F)(F)F)C[C@@H](OC(=O)c1cn(-c3ccccc3C#N)c3ccccc13)C2. The Balaban J connectivity index is 1.48. The molecule has 10 nitrogen and oxygen atoms in total. The van der Waals surface area contributed by atoms with Gasteiger partial charge in [-0.15, -0.1) is 0 Å². The first-order valence-electron chi connectivity index (χ1n) is 13.4. The number of fused-ring (bicyclic) bond motifs is 3. The van der Waals surface area contributed by atoms with Crippen LogP contribution in [0.2, 0.25) is 0 Å². The largest absolute Gasteiger partial charge is 0.491 e. The number of carbonyl (C=O) groups is 3. The summed E-state index contributed by atoms with van der Waals surface area (Å²) in [6.45, 7) is 4.08. The molecule has 5 rings (SSSR count). The maximum Gasteiger partial charge on any atom is 0.491 e. The van der Waals surface area contributed by atoms with E-state index in [1.54, 1.807) is 73.9 Å². The van der Waals surface area contributed by atoms with Gasteiger partial charge in [-0.1, -0.05) is 30.3 Å². The van der Waals surface area contributed by atoms with Crippen molar-refractivity contribution < 1.29 is 46.5 Å². The van der Waals surface area contributed by atoms with Gasteiger partial charge in [-0.05, 0) is 39.0 Å². The van der Waals surface area contributed by atoms with Crippen molar-refractivity contribution in [3.8, 4) is 11.8 Å². The zero-order chi connectivity index (χ0) is 31.2. The fourth-order valence-corrected chi connectivity index (χ4v) is 5.51. The van der Waals surface area contributed by atoms with Crippen LogP contribution in [0.25, 0.3) is 16.6 Å². The lowest BCUT2D eigenvalue weighted by molar-refractivity contribution is -0.273. The summed E-state index contributed by atoms with van der Waals surface area (Å²) in [5.41, 5.74) is -1.54. The molecule has 1 amide bonds. The van der Waals surface area contributed by atoms with Gasteiger partial charge >= 0.3 is 24.2 Å². The van der Waals surface area contributed by atoms with Crippen LogP contribution in [-0.4, -0.2) is 70.4 Å². The predicted octanol–water partition coefficient (Wildman–Crippen LogP) is 5.26. The van der Waals surface area contributed by atoms with E-state index in [2.05, 4.69) is 6.07 Å². The zero-order valence-electron chi connectivity index (χ0n) is 23.5. The number of piperidine rings is 1. The normalized spacial score (nSPS) is 22.0. The van der Waals surface area contributed by atoms with Crippen molar-refractivity contribution in [2.75, 3.05) is 13.2 Å². The highest BCUT2D eigenvalue weighted by Crippen LogP contribution is 2.41. The molecule has 0 saturated carbocycles. The third kappa shape index (κ3) is 5.87. The molecule has 226 valence electrons. The van der Waals surface area contributed by atoms with E-state index in [0.717, 1.165) is 4.90 Å². The molecule has 0 aliphatic carbocycles. The quantitative estimate of drug-likeness (QED) is 0.294. The Morgan fingerprint density at radius 1 is 1.07 bits per heavy atom. The molecule has 2 saturated heterocycles. The first kappa shape index (κ1) is 29.9. The van der Waals surface area contributed by atoms with E-state index < -0.39 is 60.7 Å². The van der Waals surface area contributed by atoms with Crippen LogP contribution in [0.1, 0.15) is 49.5 Å². The van der Waals surface area contributed by atoms with Gasteiger partial charge in [0, 0.05) is 24.4 Å². The Bertz CT molecular complexity index is 1620. The van der Waals surface area contributed by atoms with Crippen LogP contribution >= 0.6 is 0 Å². The van der Waals surface area contributed by atoms with E-state index in [-0.39, 0.29) is 18.6 Å². The topological polar surface area (TPSA) is 120 Å². The molecule has 1 aromatic heterocycles. The first-order valence-corrected chi connectivity index (χ1v) is 13.4.